The van der Waals surface area contributed by atoms with E-state index in [1.807, 2.05) is 0 Å². The molecule has 16 heavy (non-hydrogen) atoms. The molecule has 1 heterocycles. The van der Waals surface area contributed by atoms with Crippen LogP contribution < -0.4 is 5.73 Å². The number of aromatic nitrogens is 2. The van der Waals surface area contributed by atoms with Crippen molar-refractivity contribution < 1.29 is 0 Å². The normalized spacial score (nSPS) is 17.9. The van der Waals surface area contributed by atoms with Crippen LogP contribution in [-0.4, -0.2) is 9.55 Å². The van der Waals surface area contributed by atoms with Gasteiger partial charge in [-0.3, -0.25) is 0 Å². The summed E-state index contributed by atoms with van der Waals surface area (Å²) < 4.78 is 2.15. The molecule has 2 aromatic rings. The molecule has 3 heteroatoms. The Kier molecular flexibility index (Phi) is 1.82. The number of aryl methyl sites for hydroxylation is 1. The van der Waals surface area contributed by atoms with Gasteiger partial charge in [0.15, 0.2) is 0 Å². The standard InChI is InChI=1S/C13H17N3/c1-9-3-4-11-10(7-9)15-12(14)16(11)8-13(2)5-6-13/h3-4,7H,5-6,8H2,1-2H3,(H2,14,15). The average Bonchev–Trinajstić information content (AvgIpc) is 2.86. The second-order valence-electron chi connectivity index (χ2n) is 5.36. The monoisotopic (exact) mass is 215 g/mol. The number of benzene rings is 1. The minimum Gasteiger partial charge on any atom is -0.369 e. The van der Waals surface area contributed by atoms with E-state index in [0.29, 0.717) is 11.4 Å². The van der Waals surface area contributed by atoms with Gasteiger partial charge in [-0.15, -0.1) is 0 Å². The smallest absolute Gasteiger partial charge is 0.201 e. The van der Waals surface area contributed by atoms with Crippen LogP contribution in [0.25, 0.3) is 11.0 Å². The fourth-order valence-corrected chi connectivity index (χ4v) is 2.18. The Morgan fingerprint density at radius 2 is 2.19 bits per heavy atom. The Morgan fingerprint density at radius 3 is 2.88 bits per heavy atom. The molecule has 0 atom stereocenters. The first-order valence-corrected chi connectivity index (χ1v) is 5.80. The highest BCUT2D eigenvalue weighted by molar-refractivity contribution is 5.79. The second kappa shape index (κ2) is 3.00. The number of hydrogen-bond acceptors (Lipinski definition) is 2. The molecule has 0 bridgehead atoms. The van der Waals surface area contributed by atoms with E-state index in [2.05, 4.69) is 41.6 Å². The van der Waals surface area contributed by atoms with Crippen molar-refractivity contribution in [2.75, 3.05) is 5.73 Å². The van der Waals surface area contributed by atoms with Crippen LogP contribution in [0.3, 0.4) is 0 Å². The molecule has 84 valence electrons. The molecule has 1 saturated carbocycles. The summed E-state index contributed by atoms with van der Waals surface area (Å²) in [6.07, 6.45) is 2.61. The van der Waals surface area contributed by atoms with Gasteiger partial charge in [-0.25, -0.2) is 4.98 Å². The predicted molar refractivity (Wildman–Crippen MR) is 66.2 cm³/mol. The van der Waals surface area contributed by atoms with Crippen LogP contribution in [0.2, 0.25) is 0 Å². The summed E-state index contributed by atoms with van der Waals surface area (Å²) in [5, 5.41) is 0. The predicted octanol–water partition coefficient (Wildman–Crippen LogP) is 2.73. The lowest BCUT2D eigenvalue weighted by atomic mass is 10.1. The first-order chi connectivity index (χ1) is 7.57. The average molecular weight is 215 g/mol. The molecule has 0 saturated heterocycles. The molecule has 1 aliphatic carbocycles. The fourth-order valence-electron chi connectivity index (χ4n) is 2.18. The highest BCUT2D eigenvalue weighted by atomic mass is 15.2. The fraction of sp³-hybridized carbons (Fsp3) is 0.462. The number of nitrogens with two attached hydrogens (primary N) is 1. The maximum Gasteiger partial charge on any atom is 0.201 e. The molecule has 0 unspecified atom stereocenters. The Morgan fingerprint density at radius 1 is 1.44 bits per heavy atom. The van der Waals surface area contributed by atoms with E-state index in [1.54, 1.807) is 0 Å². The molecule has 0 radical (unpaired) electrons. The molecule has 3 nitrogen and oxygen atoms in total. The van der Waals surface area contributed by atoms with Crippen molar-refractivity contribution in [3.05, 3.63) is 23.8 Å². The highest BCUT2D eigenvalue weighted by Crippen LogP contribution is 2.47. The van der Waals surface area contributed by atoms with Crippen molar-refractivity contribution in [3.63, 3.8) is 0 Å². The third-order valence-corrected chi connectivity index (χ3v) is 3.58. The molecular weight excluding hydrogens is 198 g/mol. The van der Waals surface area contributed by atoms with Gasteiger partial charge in [0.25, 0.3) is 0 Å². The van der Waals surface area contributed by atoms with Crippen LogP contribution in [0.4, 0.5) is 5.95 Å². The lowest BCUT2D eigenvalue weighted by Gasteiger charge is -2.11. The number of nitrogen functional groups attached to an aromatic ring is 1. The van der Waals surface area contributed by atoms with Gasteiger partial charge < -0.3 is 10.3 Å². The zero-order valence-electron chi connectivity index (χ0n) is 9.83. The van der Waals surface area contributed by atoms with E-state index >= 15 is 0 Å². The van der Waals surface area contributed by atoms with Gasteiger partial charge in [-0.2, -0.15) is 0 Å². The van der Waals surface area contributed by atoms with E-state index in [-0.39, 0.29) is 0 Å². The van der Waals surface area contributed by atoms with Gasteiger partial charge in [0, 0.05) is 6.54 Å². The zero-order valence-corrected chi connectivity index (χ0v) is 9.83. The van der Waals surface area contributed by atoms with E-state index in [9.17, 15) is 0 Å². The largest absolute Gasteiger partial charge is 0.369 e. The minimum absolute atomic E-state index is 0.451. The molecule has 0 aliphatic heterocycles. The summed E-state index contributed by atoms with van der Waals surface area (Å²) in [5.41, 5.74) is 9.85. The van der Waals surface area contributed by atoms with Crippen molar-refractivity contribution >= 4 is 17.0 Å². The highest BCUT2D eigenvalue weighted by Gasteiger charge is 2.38. The first kappa shape index (κ1) is 9.70. The van der Waals surface area contributed by atoms with Gasteiger partial charge in [0.05, 0.1) is 11.0 Å². The van der Waals surface area contributed by atoms with E-state index in [1.165, 1.54) is 18.4 Å². The summed E-state index contributed by atoms with van der Waals surface area (Å²) in [7, 11) is 0. The van der Waals surface area contributed by atoms with Crippen molar-refractivity contribution in [1.82, 2.24) is 9.55 Å². The van der Waals surface area contributed by atoms with Crippen LogP contribution in [0, 0.1) is 12.3 Å². The van der Waals surface area contributed by atoms with Crippen LogP contribution in [-0.2, 0) is 6.54 Å². The Balaban J connectivity index is 2.12. The molecule has 0 spiro atoms. The van der Waals surface area contributed by atoms with Crippen molar-refractivity contribution in [1.29, 1.82) is 0 Å². The maximum atomic E-state index is 5.99. The third kappa shape index (κ3) is 1.47. The van der Waals surface area contributed by atoms with Crippen molar-refractivity contribution in [2.45, 2.75) is 33.2 Å². The molecule has 1 fully saturated rings. The third-order valence-electron chi connectivity index (χ3n) is 3.58. The lowest BCUT2D eigenvalue weighted by molar-refractivity contribution is 0.476. The molecule has 1 aliphatic rings. The van der Waals surface area contributed by atoms with Gasteiger partial charge >= 0.3 is 0 Å². The number of hydrogen-bond donors (Lipinski definition) is 1. The topological polar surface area (TPSA) is 43.8 Å². The van der Waals surface area contributed by atoms with E-state index in [4.69, 9.17) is 5.73 Å². The van der Waals surface area contributed by atoms with Crippen molar-refractivity contribution in [2.24, 2.45) is 5.41 Å². The van der Waals surface area contributed by atoms with Crippen LogP contribution in [0.1, 0.15) is 25.3 Å². The molecule has 1 aromatic carbocycles. The quantitative estimate of drug-likeness (QED) is 0.837. The van der Waals surface area contributed by atoms with E-state index < -0.39 is 0 Å². The molecule has 3 rings (SSSR count). The van der Waals surface area contributed by atoms with Gasteiger partial charge in [-0.05, 0) is 42.9 Å². The molecular formula is C13H17N3. The summed E-state index contributed by atoms with van der Waals surface area (Å²) in [6.45, 7) is 5.39. The van der Waals surface area contributed by atoms with E-state index in [0.717, 1.165) is 17.6 Å². The zero-order chi connectivity index (χ0) is 11.3. The first-order valence-electron chi connectivity index (χ1n) is 5.80. The maximum absolute atomic E-state index is 5.99. The number of imidazole rings is 1. The van der Waals surface area contributed by atoms with Gasteiger partial charge in [0.2, 0.25) is 5.95 Å². The minimum atomic E-state index is 0.451. The summed E-state index contributed by atoms with van der Waals surface area (Å²) in [6, 6.07) is 6.34. The second-order valence-corrected chi connectivity index (χ2v) is 5.36. The summed E-state index contributed by atoms with van der Waals surface area (Å²) in [5.74, 6) is 0.647. The van der Waals surface area contributed by atoms with Gasteiger partial charge in [-0.1, -0.05) is 13.0 Å². The molecule has 2 N–H and O–H groups in total. The molecule has 0 amide bonds. The van der Waals surface area contributed by atoms with Crippen LogP contribution in [0.5, 0.6) is 0 Å². The van der Waals surface area contributed by atoms with Crippen LogP contribution in [0.15, 0.2) is 18.2 Å². The van der Waals surface area contributed by atoms with Crippen molar-refractivity contribution in [3.8, 4) is 0 Å². The van der Waals surface area contributed by atoms with Gasteiger partial charge in [0.1, 0.15) is 0 Å². The number of fused-ring (bicyclic) bond motifs is 1. The lowest BCUT2D eigenvalue weighted by Crippen LogP contribution is -2.10. The summed E-state index contributed by atoms with van der Waals surface area (Å²) in [4.78, 5) is 4.43. The summed E-state index contributed by atoms with van der Waals surface area (Å²) >= 11 is 0. The molecule has 1 aromatic heterocycles. The number of anilines is 1. The SMILES string of the molecule is Cc1ccc2c(c1)nc(N)n2CC1(C)CC1. The Bertz CT molecular complexity index is 550. The number of rotatable bonds is 2. The Hall–Kier alpha value is -1.51. The van der Waals surface area contributed by atoms with Crippen LogP contribution >= 0.6 is 0 Å². The Labute approximate surface area is 95.3 Å². The number of nitrogens with zero attached hydrogens (tertiary/aromatic N) is 2.